The summed E-state index contributed by atoms with van der Waals surface area (Å²) in [6, 6.07) is 0.475. The first kappa shape index (κ1) is 19.4. The quantitative estimate of drug-likeness (QED) is 0.671. The highest BCUT2D eigenvalue weighted by Crippen LogP contribution is 2.34. The second kappa shape index (κ2) is 8.10. The van der Waals surface area contributed by atoms with Gasteiger partial charge in [-0.2, -0.15) is 4.98 Å². The van der Waals surface area contributed by atoms with E-state index >= 15 is 0 Å². The summed E-state index contributed by atoms with van der Waals surface area (Å²) in [5.74, 6) is 1.39. The van der Waals surface area contributed by atoms with Gasteiger partial charge in [-0.15, -0.1) is 0 Å². The minimum atomic E-state index is -0.533. The summed E-state index contributed by atoms with van der Waals surface area (Å²) in [7, 11) is 3.61. The van der Waals surface area contributed by atoms with E-state index in [1.807, 2.05) is 0 Å². The highest BCUT2D eigenvalue weighted by Gasteiger charge is 2.30. The van der Waals surface area contributed by atoms with Crippen molar-refractivity contribution in [3.8, 4) is 0 Å². The van der Waals surface area contributed by atoms with Crippen LogP contribution in [0.3, 0.4) is 0 Å². The van der Waals surface area contributed by atoms with Crippen LogP contribution in [0.2, 0.25) is 0 Å². The van der Waals surface area contributed by atoms with Gasteiger partial charge in [-0.1, -0.05) is 0 Å². The molecule has 2 amide bonds. The lowest BCUT2D eigenvalue weighted by Crippen LogP contribution is -2.35. The van der Waals surface area contributed by atoms with Crippen molar-refractivity contribution in [3.05, 3.63) is 11.8 Å². The maximum atomic E-state index is 12.1. The van der Waals surface area contributed by atoms with Crippen LogP contribution < -0.4 is 16.4 Å². The molecule has 0 bridgehead atoms. The summed E-state index contributed by atoms with van der Waals surface area (Å²) in [6.45, 7) is 2.10. The van der Waals surface area contributed by atoms with Crippen LogP contribution in [0.4, 0.5) is 11.8 Å². The van der Waals surface area contributed by atoms with Crippen LogP contribution >= 0.6 is 0 Å². The molecule has 8 nitrogen and oxygen atoms in total. The molecule has 1 heterocycles. The Hall–Kier alpha value is -2.38. The van der Waals surface area contributed by atoms with Crippen molar-refractivity contribution in [2.45, 2.75) is 57.5 Å². The van der Waals surface area contributed by atoms with Gasteiger partial charge in [0.1, 0.15) is 5.82 Å². The van der Waals surface area contributed by atoms with Crippen LogP contribution in [0.25, 0.3) is 0 Å². The van der Waals surface area contributed by atoms with E-state index in [9.17, 15) is 9.59 Å². The molecular formula is C19H30N6O2. The SMILES string of the molecule is C[C@@H](Nc1nc(N[C@H]2CC[C@H](C(=O)N(C)C)CC2)ncc1C(N)=O)C1CC1. The van der Waals surface area contributed by atoms with Crippen molar-refractivity contribution in [3.63, 3.8) is 0 Å². The normalized spacial score (nSPS) is 23.4. The largest absolute Gasteiger partial charge is 0.367 e. The predicted octanol–water partition coefficient (Wildman–Crippen LogP) is 1.84. The van der Waals surface area contributed by atoms with Gasteiger partial charge in [-0.05, 0) is 51.4 Å². The number of aromatic nitrogens is 2. The standard InChI is InChI=1S/C19H30N6O2/c1-11(12-4-5-12)22-17-15(16(20)26)10-21-19(24-17)23-14-8-6-13(7-9-14)18(27)25(2)3/h10-14H,4-9H2,1-3H3,(H2,20,26)(H2,21,22,23,24)/t11-,13-,14-/m1/s1. The number of nitrogens with one attached hydrogen (secondary N) is 2. The monoisotopic (exact) mass is 374 g/mol. The summed E-state index contributed by atoms with van der Waals surface area (Å²) in [6.07, 6.45) is 7.39. The fraction of sp³-hybridized carbons (Fsp3) is 0.684. The average Bonchev–Trinajstić information content (AvgIpc) is 3.47. The minimum absolute atomic E-state index is 0.104. The molecule has 0 radical (unpaired) electrons. The van der Waals surface area contributed by atoms with Crippen LogP contribution in [-0.2, 0) is 4.79 Å². The molecule has 1 atom stereocenters. The summed E-state index contributed by atoms with van der Waals surface area (Å²) in [5, 5.41) is 6.68. The molecule has 0 saturated heterocycles. The Bertz CT molecular complexity index is 695. The van der Waals surface area contributed by atoms with Gasteiger partial charge in [-0.25, -0.2) is 4.98 Å². The van der Waals surface area contributed by atoms with Crippen molar-refractivity contribution in [1.29, 1.82) is 0 Å². The van der Waals surface area contributed by atoms with Crippen molar-refractivity contribution < 1.29 is 9.59 Å². The summed E-state index contributed by atoms with van der Waals surface area (Å²) < 4.78 is 0. The van der Waals surface area contributed by atoms with Crippen molar-refractivity contribution in [2.24, 2.45) is 17.6 Å². The van der Waals surface area contributed by atoms with E-state index in [2.05, 4.69) is 27.5 Å². The maximum Gasteiger partial charge on any atom is 0.254 e. The zero-order valence-electron chi connectivity index (χ0n) is 16.4. The van der Waals surface area contributed by atoms with Crippen molar-refractivity contribution in [1.82, 2.24) is 14.9 Å². The van der Waals surface area contributed by atoms with Gasteiger partial charge < -0.3 is 21.3 Å². The Morgan fingerprint density at radius 1 is 1.19 bits per heavy atom. The van der Waals surface area contributed by atoms with E-state index in [1.165, 1.54) is 19.0 Å². The zero-order valence-corrected chi connectivity index (χ0v) is 16.4. The molecule has 3 rings (SSSR count). The zero-order chi connectivity index (χ0) is 19.6. The molecule has 4 N–H and O–H groups in total. The number of nitrogens with two attached hydrogens (primary N) is 1. The molecule has 2 aliphatic rings. The molecule has 2 fully saturated rings. The van der Waals surface area contributed by atoms with Crippen LogP contribution in [0.15, 0.2) is 6.20 Å². The number of nitrogens with zero attached hydrogens (tertiary/aromatic N) is 3. The molecule has 148 valence electrons. The van der Waals surface area contributed by atoms with Gasteiger partial charge in [-0.3, -0.25) is 9.59 Å². The van der Waals surface area contributed by atoms with E-state index in [4.69, 9.17) is 5.73 Å². The molecular weight excluding hydrogens is 344 g/mol. The summed E-state index contributed by atoms with van der Waals surface area (Å²) >= 11 is 0. The number of amides is 2. The van der Waals surface area contributed by atoms with Crippen LogP contribution in [0.5, 0.6) is 0 Å². The summed E-state index contributed by atoms with van der Waals surface area (Å²) in [5.41, 5.74) is 5.78. The minimum Gasteiger partial charge on any atom is -0.367 e. The second-order valence-corrected chi connectivity index (χ2v) is 8.02. The molecule has 8 heteroatoms. The average molecular weight is 374 g/mol. The third-order valence-corrected chi connectivity index (χ3v) is 5.60. The molecule has 0 spiro atoms. The van der Waals surface area contributed by atoms with Gasteiger partial charge in [0, 0.05) is 38.3 Å². The highest BCUT2D eigenvalue weighted by atomic mass is 16.2. The number of carbonyl (C=O) groups excluding carboxylic acids is 2. The number of hydrogen-bond acceptors (Lipinski definition) is 6. The Kier molecular flexibility index (Phi) is 5.82. The smallest absolute Gasteiger partial charge is 0.254 e. The van der Waals surface area contributed by atoms with E-state index in [0.29, 0.717) is 23.2 Å². The van der Waals surface area contributed by atoms with E-state index in [0.717, 1.165) is 25.7 Å². The predicted molar refractivity (Wildman–Crippen MR) is 104 cm³/mol. The van der Waals surface area contributed by atoms with E-state index < -0.39 is 5.91 Å². The molecule has 2 aliphatic carbocycles. The van der Waals surface area contributed by atoms with Crippen LogP contribution in [0.1, 0.15) is 55.8 Å². The molecule has 0 aliphatic heterocycles. The topological polar surface area (TPSA) is 113 Å². The first-order chi connectivity index (χ1) is 12.8. The molecule has 2 saturated carbocycles. The third kappa shape index (κ3) is 4.87. The fourth-order valence-electron chi connectivity index (χ4n) is 3.70. The number of primary amides is 1. The van der Waals surface area contributed by atoms with Gasteiger partial charge in [0.15, 0.2) is 0 Å². The van der Waals surface area contributed by atoms with Crippen LogP contribution in [0, 0.1) is 11.8 Å². The number of hydrogen-bond donors (Lipinski definition) is 3. The fourth-order valence-corrected chi connectivity index (χ4v) is 3.70. The van der Waals surface area contributed by atoms with Crippen molar-refractivity contribution in [2.75, 3.05) is 24.7 Å². The highest BCUT2D eigenvalue weighted by molar-refractivity contribution is 5.97. The second-order valence-electron chi connectivity index (χ2n) is 8.02. The Balaban J connectivity index is 1.63. The molecule has 0 aromatic carbocycles. The number of rotatable bonds is 7. The van der Waals surface area contributed by atoms with Gasteiger partial charge in [0.05, 0.1) is 5.56 Å². The lowest BCUT2D eigenvalue weighted by atomic mass is 9.85. The Morgan fingerprint density at radius 3 is 2.41 bits per heavy atom. The lowest BCUT2D eigenvalue weighted by Gasteiger charge is -2.30. The molecule has 1 aromatic rings. The summed E-state index contributed by atoms with van der Waals surface area (Å²) in [4.78, 5) is 34.2. The van der Waals surface area contributed by atoms with Gasteiger partial charge in [0.2, 0.25) is 11.9 Å². The Labute approximate surface area is 160 Å². The van der Waals surface area contributed by atoms with Gasteiger partial charge >= 0.3 is 0 Å². The number of anilines is 2. The van der Waals surface area contributed by atoms with Gasteiger partial charge in [0.25, 0.3) is 5.91 Å². The molecule has 1 aromatic heterocycles. The lowest BCUT2D eigenvalue weighted by molar-refractivity contribution is -0.133. The van der Waals surface area contributed by atoms with E-state index in [-0.39, 0.29) is 23.9 Å². The van der Waals surface area contributed by atoms with Crippen molar-refractivity contribution >= 4 is 23.6 Å². The third-order valence-electron chi connectivity index (χ3n) is 5.60. The Morgan fingerprint density at radius 2 is 1.85 bits per heavy atom. The number of carbonyl (C=O) groups is 2. The first-order valence-corrected chi connectivity index (χ1v) is 9.76. The molecule has 27 heavy (non-hydrogen) atoms. The maximum absolute atomic E-state index is 12.1. The van der Waals surface area contributed by atoms with Crippen LogP contribution in [-0.4, -0.2) is 52.9 Å². The molecule has 0 unspecified atom stereocenters. The first-order valence-electron chi connectivity index (χ1n) is 9.76. The van der Waals surface area contributed by atoms with E-state index in [1.54, 1.807) is 19.0 Å².